The van der Waals surface area contributed by atoms with E-state index in [1.807, 2.05) is 6.07 Å². The maximum Gasteiger partial charge on any atom is 0.243 e. The van der Waals surface area contributed by atoms with Crippen molar-refractivity contribution in [1.29, 1.82) is 0 Å². The quantitative estimate of drug-likeness (QED) is 0.843. The molecular weight excluding hydrogens is 344 g/mol. The molecule has 4 rings (SSSR count). The van der Waals surface area contributed by atoms with Crippen molar-refractivity contribution < 1.29 is 14.4 Å². The van der Waals surface area contributed by atoms with Crippen molar-refractivity contribution in [3.8, 4) is 0 Å². The topological polar surface area (TPSA) is 96.6 Å². The monoisotopic (exact) mass is 370 g/mol. The van der Waals surface area contributed by atoms with E-state index in [9.17, 15) is 14.4 Å². The number of Topliss-reactive ketones (excluding diaryl/α,β-unsaturated/α-hetero) is 1. The maximum atomic E-state index is 13.1. The van der Waals surface area contributed by atoms with Crippen LogP contribution in [0.25, 0.3) is 0 Å². The number of ketones is 1. The highest BCUT2D eigenvalue weighted by molar-refractivity contribution is 5.99. The van der Waals surface area contributed by atoms with Crippen molar-refractivity contribution >= 4 is 17.6 Å². The molecule has 27 heavy (non-hydrogen) atoms. The highest BCUT2D eigenvalue weighted by atomic mass is 16.2. The number of carbonyl (C=O) groups is 3. The molecule has 2 N–H and O–H groups in total. The largest absolute Gasteiger partial charge is 0.329 e. The van der Waals surface area contributed by atoms with Gasteiger partial charge in [-0.1, -0.05) is 25.3 Å². The molecule has 1 aliphatic carbocycles. The summed E-state index contributed by atoms with van der Waals surface area (Å²) in [5.74, 6) is -0.243. The number of hydrogen-bond acceptors (Lipinski definition) is 5. The summed E-state index contributed by atoms with van der Waals surface area (Å²) in [7, 11) is 0. The second-order valence-electron chi connectivity index (χ2n) is 8.04. The molecule has 1 saturated carbocycles. The molecule has 3 fully saturated rings. The number of hydrogen-bond donors (Lipinski definition) is 1. The lowest BCUT2D eigenvalue weighted by Gasteiger charge is -2.37. The molecule has 0 aromatic carbocycles. The van der Waals surface area contributed by atoms with Gasteiger partial charge in [-0.2, -0.15) is 0 Å². The third-order valence-corrected chi connectivity index (χ3v) is 6.25. The van der Waals surface area contributed by atoms with Crippen molar-refractivity contribution in [2.75, 3.05) is 13.1 Å². The van der Waals surface area contributed by atoms with E-state index in [4.69, 9.17) is 5.73 Å². The number of amides is 2. The van der Waals surface area contributed by atoms with E-state index >= 15 is 0 Å². The summed E-state index contributed by atoms with van der Waals surface area (Å²) in [4.78, 5) is 45.9. The second kappa shape index (κ2) is 7.03. The van der Waals surface area contributed by atoms with Crippen molar-refractivity contribution in [2.45, 2.75) is 62.6 Å². The molecule has 2 amide bonds. The molecule has 144 valence electrons. The van der Waals surface area contributed by atoms with E-state index in [2.05, 4.69) is 4.98 Å². The number of fused-ring (bicyclic) bond motifs is 1. The number of likely N-dealkylation sites (tertiary alicyclic amines) is 2. The summed E-state index contributed by atoms with van der Waals surface area (Å²) in [6, 6.07) is 2.89. The van der Waals surface area contributed by atoms with Gasteiger partial charge in [0.15, 0.2) is 5.78 Å². The predicted molar refractivity (Wildman–Crippen MR) is 98.6 cm³/mol. The summed E-state index contributed by atoms with van der Waals surface area (Å²) < 4.78 is 0. The van der Waals surface area contributed by atoms with E-state index in [1.54, 1.807) is 28.3 Å². The number of nitrogens with two attached hydrogens (primary N) is 1. The number of carbonyl (C=O) groups excluding carboxylic acids is 3. The Hall–Kier alpha value is -2.28. The fourth-order valence-corrected chi connectivity index (χ4v) is 4.83. The fourth-order valence-electron chi connectivity index (χ4n) is 4.83. The number of pyridine rings is 1. The van der Waals surface area contributed by atoms with Crippen molar-refractivity contribution in [2.24, 2.45) is 5.73 Å². The molecule has 3 aliphatic rings. The first-order valence-electron chi connectivity index (χ1n) is 9.81. The molecule has 2 aliphatic heterocycles. The highest BCUT2D eigenvalue weighted by Gasteiger charge is 2.53. The van der Waals surface area contributed by atoms with Crippen LogP contribution < -0.4 is 5.73 Å². The van der Waals surface area contributed by atoms with Crippen LogP contribution in [0.3, 0.4) is 0 Å². The van der Waals surface area contributed by atoms with Gasteiger partial charge in [-0.15, -0.1) is 0 Å². The molecule has 2 unspecified atom stereocenters. The summed E-state index contributed by atoms with van der Waals surface area (Å²) in [5, 5.41) is 0. The first kappa shape index (κ1) is 18.1. The van der Waals surface area contributed by atoms with Crippen molar-refractivity contribution in [3.63, 3.8) is 0 Å². The zero-order valence-corrected chi connectivity index (χ0v) is 15.5. The summed E-state index contributed by atoms with van der Waals surface area (Å²) in [6.07, 6.45) is 8.55. The fraction of sp³-hybridized carbons (Fsp3) is 0.600. The Morgan fingerprint density at radius 1 is 1.22 bits per heavy atom. The summed E-state index contributed by atoms with van der Waals surface area (Å²) >= 11 is 0. The van der Waals surface area contributed by atoms with Gasteiger partial charge in [0.05, 0.1) is 24.5 Å². The molecule has 7 heteroatoms. The zero-order valence-electron chi connectivity index (χ0n) is 15.5. The van der Waals surface area contributed by atoms with E-state index in [1.165, 1.54) is 0 Å². The summed E-state index contributed by atoms with van der Waals surface area (Å²) in [5.41, 5.74) is 6.40. The molecule has 0 bridgehead atoms. The molecule has 3 heterocycles. The maximum absolute atomic E-state index is 13.1. The lowest BCUT2D eigenvalue weighted by molar-refractivity contribution is -0.142. The molecule has 2 atom stereocenters. The first-order chi connectivity index (χ1) is 13.0. The Morgan fingerprint density at radius 2 is 2.00 bits per heavy atom. The standard InChI is InChI=1S/C20H26N4O3/c21-20(7-2-1-3-8-20)19(27)23-10-6-15-18(23)16(25)13-24(15)17(26)11-14-5-4-9-22-12-14/h4-5,9,12,15,18H,1-3,6-8,10-11,13,21H2. The third kappa shape index (κ3) is 3.25. The van der Waals surface area contributed by atoms with Gasteiger partial charge < -0.3 is 15.5 Å². The lowest BCUT2D eigenvalue weighted by atomic mass is 9.81. The number of aromatic nitrogens is 1. The van der Waals surface area contributed by atoms with Crippen LogP contribution in [0.1, 0.15) is 44.1 Å². The number of rotatable bonds is 3. The average Bonchev–Trinajstić information content (AvgIpc) is 3.24. The van der Waals surface area contributed by atoms with Crippen LogP contribution >= 0.6 is 0 Å². The van der Waals surface area contributed by atoms with Gasteiger partial charge in [0.2, 0.25) is 11.8 Å². The molecule has 1 aromatic rings. The first-order valence-corrected chi connectivity index (χ1v) is 9.81. The smallest absolute Gasteiger partial charge is 0.243 e. The van der Waals surface area contributed by atoms with Crippen molar-refractivity contribution in [3.05, 3.63) is 30.1 Å². The molecule has 7 nitrogen and oxygen atoms in total. The SMILES string of the molecule is NC1(C(=O)N2CCC3C2C(=O)CN3C(=O)Cc2cccnc2)CCCCC1. The minimum atomic E-state index is -0.847. The van der Waals surface area contributed by atoms with Crippen LogP contribution in [0.5, 0.6) is 0 Å². The Balaban J connectivity index is 1.48. The molecule has 2 saturated heterocycles. The summed E-state index contributed by atoms with van der Waals surface area (Å²) in [6.45, 7) is 0.575. The van der Waals surface area contributed by atoms with E-state index in [0.717, 1.165) is 24.8 Å². The van der Waals surface area contributed by atoms with Crippen molar-refractivity contribution in [1.82, 2.24) is 14.8 Å². The van der Waals surface area contributed by atoms with Gasteiger partial charge >= 0.3 is 0 Å². The number of nitrogens with zero attached hydrogens (tertiary/aromatic N) is 3. The van der Waals surface area contributed by atoms with Crippen LogP contribution in [0.4, 0.5) is 0 Å². The molecule has 0 spiro atoms. The second-order valence-corrected chi connectivity index (χ2v) is 8.04. The highest BCUT2D eigenvalue weighted by Crippen LogP contribution is 2.35. The van der Waals surface area contributed by atoms with Crippen LogP contribution in [0.15, 0.2) is 24.5 Å². The normalized spacial score (nSPS) is 26.9. The Morgan fingerprint density at radius 3 is 2.70 bits per heavy atom. The molecule has 0 radical (unpaired) electrons. The van der Waals surface area contributed by atoms with Gasteiger partial charge in [-0.3, -0.25) is 19.4 Å². The molecule has 1 aromatic heterocycles. The van der Waals surface area contributed by atoms with Gasteiger partial charge in [0.1, 0.15) is 6.04 Å². The van der Waals surface area contributed by atoms with E-state index < -0.39 is 11.6 Å². The Bertz CT molecular complexity index is 745. The zero-order chi connectivity index (χ0) is 19.0. The van der Waals surface area contributed by atoms with Gasteiger partial charge in [-0.05, 0) is 30.9 Å². The Kier molecular flexibility index (Phi) is 4.72. The average molecular weight is 370 g/mol. The van der Waals surface area contributed by atoms with Crippen LogP contribution in [-0.4, -0.2) is 63.1 Å². The van der Waals surface area contributed by atoms with Gasteiger partial charge in [0.25, 0.3) is 0 Å². The predicted octanol–water partition coefficient (Wildman–Crippen LogP) is 0.667. The van der Waals surface area contributed by atoms with Gasteiger partial charge in [-0.25, -0.2) is 0 Å². The minimum absolute atomic E-state index is 0.0511. The van der Waals surface area contributed by atoms with E-state index in [-0.39, 0.29) is 36.6 Å². The minimum Gasteiger partial charge on any atom is -0.329 e. The lowest BCUT2D eigenvalue weighted by Crippen LogP contribution is -2.58. The van der Waals surface area contributed by atoms with E-state index in [0.29, 0.717) is 25.8 Å². The van der Waals surface area contributed by atoms with Crippen LogP contribution in [0, 0.1) is 0 Å². The van der Waals surface area contributed by atoms with Crippen LogP contribution in [0.2, 0.25) is 0 Å². The Labute approximate surface area is 158 Å². The van der Waals surface area contributed by atoms with Gasteiger partial charge in [0, 0.05) is 18.9 Å². The molecular formula is C20H26N4O3. The van der Waals surface area contributed by atoms with Crippen LogP contribution in [-0.2, 0) is 20.8 Å². The third-order valence-electron chi connectivity index (χ3n) is 6.25.